The third-order valence-corrected chi connectivity index (χ3v) is 4.33. The molecule has 1 fully saturated rings. The van der Waals surface area contributed by atoms with Crippen molar-refractivity contribution in [3.63, 3.8) is 0 Å². The Hall–Kier alpha value is -2.09. The van der Waals surface area contributed by atoms with Crippen LogP contribution in [-0.4, -0.2) is 34.7 Å². The van der Waals surface area contributed by atoms with E-state index in [1.165, 1.54) is 0 Å². The summed E-state index contributed by atoms with van der Waals surface area (Å²) in [5.41, 5.74) is 1.62. The number of carbonyl (C=O) groups is 2. The molecule has 0 radical (unpaired) electrons. The Kier molecular flexibility index (Phi) is 6.63. The number of nitrogens with zero attached hydrogens (tertiary/aromatic N) is 2. The number of hydrogen-bond acceptors (Lipinski definition) is 4. The Bertz CT molecular complexity index is 804. The lowest BCUT2D eigenvalue weighted by atomic mass is 10.1. The van der Waals surface area contributed by atoms with E-state index in [2.05, 4.69) is 21.0 Å². The topological polar surface area (TPSA) is 88.1 Å². The van der Waals surface area contributed by atoms with E-state index in [4.69, 9.17) is 11.6 Å². The summed E-state index contributed by atoms with van der Waals surface area (Å²) < 4.78 is 1.63. The highest BCUT2D eigenvalue weighted by atomic mass is 35.5. The average Bonchev–Trinajstić information content (AvgIpc) is 3.29. The van der Waals surface area contributed by atoms with Gasteiger partial charge in [0.25, 0.3) is 5.91 Å². The van der Waals surface area contributed by atoms with Crippen molar-refractivity contribution in [3.05, 3.63) is 46.7 Å². The summed E-state index contributed by atoms with van der Waals surface area (Å²) in [6.07, 6.45) is 5.40. The summed E-state index contributed by atoms with van der Waals surface area (Å²) in [7, 11) is 3.49. The standard InChI is InChI=1S/C17H20ClN5O2.ClH/c1-19-15(10-8-20-23(2)9-10)17(25)22-12-5-6-14(18)13(7-12)16(24)21-11-3-4-11;/h5-9,11,15,19H,3-4H2,1-2H3,(H,21,24)(H,22,25);1H. The third kappa shape index (κ3) is 4.75. The smallest absolute Gasteiger partial charge is 0.253 e. The molecule has 0 aliphatic heterocycles. The van der Waals surface area contributed by atoms with Crippen molar-refractivity contribution in [2.24, 2.45) is 7.05 Å². The van der Waals surface area contributed by atoms with Gasteiger partial charge in [-0.15, -0.1) is 12.4 Å². The Morgan fingerprint density at radius 1 is 1.35 bits per heavy atom. The summed E-state index contributed by atoms with van der Waals surface area (Å²) in [4.78, 5) is 24.8. The fourth-order valence-electron chi connectivity index (χ4n) is 2.52. The monoisotopic (exact) mass is 397 g/mol. The quantitative estimate of drug-likeness (QED) is 0.697. The Labute approximate surface area is 162 Å². The van der Waals surface area contributed by atoms with Gasteiger partial charge in [-0.2, -0.15) is 5.10 Å². The molecule has 0 spiro atoms. The van der Waals surface area contributed by atoms with E-state index >= 15 is 0 Å². The second-order valence-corrected chi connectivity index (χ2v) is 6.51. The minimum absolute atomic E-state index is 0. The molecule has 1 aliphatic carbocycles. The van der Waals surface area contributed by atoms with Crippen LogP contribution in [0.2, 0.25) is 5.02 Å². The number of nitrogens with one attached hydrogen (secondary N) is 3. The van der Waals surface area contributed by atoms with Gasteiger partial charge < -0.3 is 16.0 Å². The van der Waals surface area contributed by atoms with Crippen molar-refractivity contribution in [1.29, 1.82) is 0 Å². The Morgan fingerprint density at radius 2 is 2.08 bits per heavy atom. The lowest BCUT2D eigenvalue weighted by molar-refractivity contribution is -0.118. The van der Waals surface area contributed by atoms with Gasteiger partial charge in [-0.1, -0.05) is 11.6 Å². The number of likely N-dealkylation sites (N-methyl/N-ethyl adjacent to an activating group) is 1. The molecule has 1 aromatic heterocycles. The molecule has 3 rings (SSSR count). The molecule has 140 valence electrons. The Balaban J connectivity index is 0.00000243. The lowest BCUT2D eigenvalue weighted by Gasteiger charge is -2.15. The molecule has 3 N–H and O–H groups in total. The zero-order chi connectivity index (χ0) is 18.0. The molecule has 0 bridgehead atoms. The van der Waals surface area contributed by atoms with Gasteiger partial charge >= 0.3 is 0 Å². The first kappa shape index (κ1) is 20.2. The second-order valence-electron chi connectivity index (χ2n) is 6.10. The molecular weight excluding hydrogens is 377 g/mol. The molecule has 0 saturated heterocycles. The number of benzene rings is 1. The van der Waals surface area contributed by atoms with Gasteiger partial charge in [-0.25, -0.2) is 0 Å². The summed E-state index contributed by atoms with van der Waals surface area (Å²) in [5, 5.41) is 13.1. The second kappa shape index (κ2) is 8.53. The Morgan fingerprint density at radius 3 is 2.65 bits per heavy atom. The normalized spacial score (nSPS) is 14.3. The first-order chi connectivity index (χ1) is 12.0. The molecule has 1 aliphatic rings. The van der Waals surface area contributed by atoms with Gasteiger partial charge in [0.1, 0.15) is 6.04 Å². The largest absolute Gasteiger partial charge is 0.349 e. The van der Waals surface area contributed by atoms with Gasteiger partial charge in [-0.05, 0) is 38.1 Å². The molecule has 9 heteroatoms. The molecule has 1 saturated carbocycles. The van der Waals surface area contributed by atoms with Crippen molar-refractivity contribution in [3.8, 4) is 0 Å². The van der Waals surface area contributed by atoms with Crippen molar-refractivity contribution in [2.75, 3.05) is 12.4 Å². The van der Waals surface area contributed by atoms with E-state index in [1.807, 2.05) is 0 Å². The van der Waals surface area contributed by atoms with Gasteiger partial charge in [0.2, 0.25) is 5.91 Å². The van der Waals surface area contributed by atoms with Crippen LogP contribution in [0.15, 0.2) is 30.6 Å². The van der Waals surface area contributed by atoms with Gasteiger partial charge in [-0.3, -0.25) is 14.3 Å². The maximum atomic E-state index is 12.6. The number of hydrogen-bond donors (Lipinski definition) is 3. The number of carbonyl (C=O) groups excluding carboxylic acids is 2. The molecule has 1 unspecified atom stereocenters. The van der Waals surface area contributed by atoms with E-state index in [9.17, 15) is 9.59 Å². The number of rotatable bonds is 6. The molecule has 2 amide bonds. The minimum Gasteiger partial charge on any atom is -0.349 e. The summed E-state index contributed by atoms with van der Waals surface area (Å²) >= 11 is 6.12. The molecule has 2 aromatic rings. The first-order valence-electron chi connectivity index (χ1n) is 8.05. The van der Waals surface area contributed by atoms with Crippen LogP contribution in [0.5, 0.6) is 0 Å². The van der Waals surface area contributed by atoms with Crippen LogP contribution in [-0.2, 0) is 11.8 Å². The highest BCUT2D eigenvalue weighted by Crippen LogP contribution is 2.24. The van der Waals surface area contributed by atoms with Crippen LogP contribution in [0.1, 0.15) is 34.8 Å². The maximum absolute atomic E-state index is 12.6. The van der Waals surface area contributed by atoms with E-state index in [1.54, 1.807) is 49.4 Å². The van der Waals surface area contributed by atoms with Crippen LogP contribution in [0.25, 0.3) is 0 Å². The first-order valence-corrected chi connectivity index (χ1v) is 8.43. The number of anilines is 1. The zero-order valence-electron chi connectivity index (χ0n) is 14.5. The van der Waals surface area contributed by atoms with Crippen LogP contribution >= 0.6 is 24.0 Å². The molecular formula is C17H21Cl2N5O2. The van der Waals surface area contributed by atoms with Gasteiger partial charge in [0.15, 0.2) is 0 Å². The molecule has 1 atom stereocenters. The fourth-order valence-corrected chi connectivity index (χ4v) is 2.72. The molecule has 26 heavy (non-hydrogen) atoms. The SMILES string of the molecule is CNC(C(=O)Nc1ccc(Cl)c(C(=O)NC2CC2)c1)c1cnn(C)c1.Cl. The predicted octanol–water partition coefficient (Wildman–Crippen LogP) is 2.29. The van der Waals surface area contributed by atoms with E-state index in [0.717, 1.165) is 18.4 Å². The van der Waals surface area contributed by atoms with Crippen molar-refractivity contribution in [1.82, 2.24) is 20.4 Å². The van der Waals surface area contributed by atoms with Crippen LogP contribution in [0.4, 0.5) is 5.69 Å². The predicted molar refractivity (Wildman–Crippen MR) is 103 cm³/mol. The average molecular weight is 398 g/mol. The summed E-state index contributed by atoms with van der Waals surface area (Å²) in [5.74, 6) is -0.465. The fraction of sp³-hybridized carbons (Fsp3) is 0.353. The zero-order valence-corrected chi connectivity index (χ0v) is 16.0. The molecule has 1 aromatic carbocycles. The van der Waals surface area contributed by atoms with E-state index < -0.39 is 6.04 Å². The highest BCUT2D eigenvalue weighted by molar-refractivity contribution is 6.34. The van der Waals surface area contributed by atoms with Crippen LogP contribution in [0.3, 0.4) is 0 Å². The highest BCUT2D eigenvalue weighted by Gasteiger charge is 2.25. The number of amides is 2. The number of aryl methyl sites for hydroxylation is 1. The van der Waals surface area contributed by atoms with E-state index in [0.29, 0.717) is 16.3 Å². The number of halogens is 2. The summed E-state index contributed by atoms with van der Waals surface area (Å²) in [6.45, 7) is 0. The van der Waals surface area contributed by atoms with E-state index in [-0.39, 0.29) is 30.3 Å². The molecule has 1 heterocycles. The van der Waals surface area contributed by atoms with Crippen LogP contribution in [0, 0.1) is 0 Å². The maximum Gasteiger partial charge on any atom is 0.253 e. The van der Waals surface area contributed by atoms with Crippen LogP contribution < -0.4 is 16.0 Å². The number of aromatic nitrogens is 2. The molecule has 7 nitrogen and oxygen atoms in total. The lowest BCUT2D eigenvalue weighted by Crippen LogP contribution is -2.30. The van der Waals surface area contributed by atoms with Crippen molar-refractivity contribution < 1.29 is 9.59 Å². The van der Waals surface area contributed by atoms with Gasteiger partial charge in [0, 0.05) is 30.5 Å². The van der Waals surface area contributed by atoms with Gasteiger partial charge in [0.05, 0.1) is 16.8 Å². The summed E-state index contributed by atoms with van der Waals surface area (Å²) in [6, 6.07) is 4.56. The third-order valence-electron chi connectivity index (χ3n) is 4.00. The van der Waals surface area contributed by atoms with Crippen molar-refractivity contribution >= 4 is 41.5 Å². The van der Waals surface area contributed by atoms with Crippen molar-refractivity contribution in [2.45, 2.75) is 24.9 Å². The minimum atomic E-state index is -0.548.